The van der Waals surface area contributed by atoms with E-state index in [4.69, 9.17) is 4.42 Å². The average molecular weight is 266 g/mol. The maximum atomic E-state index is 10.4. The Kier molecular flexibility index (Phi) is 5.26. The summed E-state index contributed by atoms with van der Waals surface area (Å²) in [6.07, 6.45) is 1.81. The normalized spacial score (nSPS) is 26.1. The van der Waals surface area contributed by atoms with Crippen LogP contribution in [0.15, 0.2) is 10.5 Å². The van der Waals surface area contributed by atoms with Gasteiger partial charge in [-0.05, 0) is 44.1 Å². The van der Waals surface area contributed by atoms with Crippen molar-refractivity contribution in [2.45, 2.75) is 66.9 Å². The smallest absolute Gasteiger partial charge is 0.110 e. The van der Waals surface area contributed by atoms with E-state index < -0.39 is 5.60 Å². The highest BCUT2D eigenvalue weighted by atomic mass is 16.3. The van der Waals surface area contributed by atoms with Crippen LogP contribution in [0.4, 0.5) is 0 Å². The molecule has 0 saturated heterocycles. The van der Waals surface area contributed by atoms with Gasteiger partial charge < -0.3 is 9.52 Å². The van der Waals surface area contributed by atoms with Gasteiger partial charge in [-0.2, -0.15) is 0 Å². The van der Waals surface area contributed by atoms with Crippen LogP contribution < -0.4 is 0 Å². The Balaban J connectivity index is 0.000000399. The van der Waals surface area contributed by atoms with Crippen LogP contribution in [0.25, 0.3) is 0 Å². The first kappa shape index (κ1) is 16.3. The van der Waals surface area contributed by atoms with Gasteiger partial charge in [-0.15, -0.1) is 0 Å². The summed E-state index contributed by atoms with van der Waals surface area (Å²) in [7, 11) is 0. The summed E-state index contributed by atoms with van der Waals surface area (Å²) in [6, 6.07) is 1.98. The molecule has 1 N–H and O–H groups in total. The van der Waals surface area contributed by atoms with Gasteiger partial charge in [0, 0.05) is 12.0 Å². The molecular formula is C17H30O2. The third-order valence-electron chi connectivity index (χ3n) is 3.56. The van der Waals surface area contributed by atoms with Crippen molar-refractivity contribution in [1.82, 2.24) is 0 Å². The molecule has 2 nitrogen and oxygen atoms in total. The van der Waals surface area contributed by atoms with Crippen LogP contribution in [0.3, 0.4) is 0 Å². The molecule has 0 saturated carbocycles. The van der Waals surface area contributed by atoms with Crippen molar-refractivity contribution in [2.24, 2.45) is 17.8 Å². The molecule has 2 rings (SSSR count). The molecular weight excluding hydrogens is 236 g/mol. The molecule has 110 valence electrons. The number of fused-ring (bicyclic) bond motifs is 1. The zero-order valence-corrected chi connectivity index (χ0v) is 13.6. The predicted molar refractivity (Wildman–Crippen MR) is 80.2 cm³/mol. The van der Waals surface area contributed by atoms with E-state index in [1.165, 1.54) is 0 Å². The topological polar surface area (TPSA) is 33.4 Å². The monoisotopic (exact) mass is 266 g/mol. The minimum absolute atomic E-state index is 0.526. The molecule has 0 aliphatic heterocycles. The number of aryl methyl sites for hydroxylation is 1. The maximum absolute atomic E-state index is 10.4. The lowest BCUT2D eigenvalue weighted by Gasteiger charge is -2.35. The Morgan fingerprint density at radius 2 is 1.79 bits per heavy atom. The first-order chi connectivity index (χ1) is 8.63. The van der Waals surface area contributed by atoms with Gasteiger partial charge >= 0.3 is 0 Å². The SMILES string of the molecule is CC(C)C.Cc1cc2c(o1)CC(C(C)C)CC2(C)O. The van der Waals surface area contributed by atoms with Gasteiger partial charge in [0.25, 0.3) is 0 Å². The van der Waals surface area contributed by atoms with Crippen molar-refractivity contribution in [3.63, 3.8) is 0 Å². The molecule has 1 aliphatic carbocycles. The second kappa shape index (κ2) is 6.13. The van der Waals surface area contributed by atoms with Gasteiger partial charge in [0.2, 0.25) is 0 Å². The molecule has 0 aromatic carbocycles. The molecule has 19 heavy (non-hydrogen) atoms. The van der Waals surface area contributed by atoms with Crippen molar-refractivity contribution < 1.29 is 9.52 Å². The lowest BCUT2D eigenvalue weighted by Crippen LogP contribution is -2.33. The van der Waals surface area contributed by atoms with E-state index in [2.05, 4.69) is 34.6 Å². The Morgan fingerprint density at radius 3 is 2.26 bits per heavy atom. The Labute approximate surface area is 118 Å². The Hall–Kier alpha value is -0.760. The number of hydrogen-bond donors (Lipinski definition) is 1. The van der Waals surface area contributed by atoms with Crippen LogP contribution >= 0.6 is 0 Å². The minimum Gasteiger partial charge on any atom is -0.466 e. The zero-order chi connectivity index (χ0) is 14.8. The number of furan rings is 1. The van der Waals surface area contributed by atoms with Crippen LogP contribution in [-0.4, -0.2) is 5.11 Å². The predicted octanol–water partition coefficient (Wildman–Crippen LogP) is 4.68. The van der Waals surface area contributed by atoms with Gasteiger partial charge in [-0.1, -0.05) is 34.6 Å². The van der Waals surface area contributed by atoms with Gasteiger partial charge in [0.15, 0.2) is 0 Å². The van der Waals surface area contributed by atoms with Crippen LogP contribution in [-0.2, 0) is 12.0 Å². The second-order valence-corrected chi connectivity index (χ2v) is 7.11. The molecule has 0 spiro atoms. The fourth-order valence-corrected chi connectivity index (χ4v) is 2.57. The Morgan fingerprint density at radius 1 is 1.26 bits per heavy atom. The number of aliphatic hydroxyl groups is 1. The molecule has 1 heterocycles. The van der Waals surface area contributed by atoms with Crippen molar-refractivity contribution in [3.05, 3.63) is 23.2 Å². The summed E-state index contributed by atoms with van der Waals surface area (Å²) in [6.45, 7) is 14.8. The highest BCUT2D eigenvalue weighted by Crippen LogP contribution is 2.41. The molecule has 2 heteroatoms. The largest absolute Gasteiger partial charge is 0.466 e. The van der Waals surface area contributed by atoms with E-state index in [0.717, 1.165) is 35.8 Å². The average Bonchev–Trinajstić information content (AvgIpc) is 2.57. The van der Waals surface area contributed by atoms with Crippen LogP contribution in [0.5, 0.6) is 0 Å². The van der Waals surface area contributed by atoms with Gasteiger partial charge in [0.05, 0.1) is 5.60 Å². The highest BCUT2D eigenvalue weighted by Gasteiger charge is 2.38. The third-order valence-corrected chi connectivity index (χ3v) is 3.56. The van der Waals surface area contributed by atoms with Gasteiger partial charge in [0.1, 0.15) is 11.5 Å². The molecule has 2 atom stereocenters. The summed E-state index contributed by atoms with van der Waals surface area (Å²) in [5, 5.41) is 10.4. The molecule has 1 aliphatic rings. The quantitative estimate of drug-likeness (QED) is 0.801. The van der Waals surface area contributed by atoms with Gasteiger partial charge in [-0.25, -0.2) is 0 Å². The second-order valence-electron chi connectivity index (χ2n) is 7.11. The van der Waals surface area contributed by atoms with E-state index >= 15 is 0 Å². The molecule has 0 radical (unpaired) electrons. The van der Waals surface area contributed by atoms with Crippen molar-refractivity contribution >= 4 is 0 Å². The van der Waals surface area contributed by atoms with E-state index in [0.29, 0.717) is 11.8 Å². The van der Waals surface area contributed by atoms with Crippen LogP contribution in [0, 0.1) is 24.7 Å². The van der Waals surface area contributed by atoms with E-state index in [1.807, 2.05) is 19.9 Å². The maximum Gasteiger partial charge on any atom is 0.110 e. The molecule has 0 fully saturated rings. The lowest BCUT2D eigenvalue weighted by atomic mass is 9.74. The summed E-state index contributed by atoms with van der Waals surface area (Å²) in [4.78, 5) is 0. The highest BCUT2D eigenvalue weighted by molar-refractivity contribution is 5.30. The molecule has 0 bridgehead atoms. The van der Waals surface area contributed by atoms with Crippen molar-refractivity contribution in [3.8, 4) is 0 Å². The molecule has 1 aromatic heterocycles. The standard InChI is InChI=1S/C13H20O2.C4H10/c1-8(2)10-6-12-11(5-9(3)15-12)13(4,14)7-10;1-4(2)3/h5,8,10,14H,6-7H2,1-4H3;4H,1-3H3. The zero-order valence-electron chi connectivity index (χ0n) is 13.6. The summed E-state index contributed by atoms with van der Waals surface area (Å²) >= 11 is 0. The Bertz CT molecular complexity index is 397. The van der Waals surface area contributed by atoms with Crippen LogP contribution in [0.2, 0.25) is 0 Å². The lowest BCUT2D eigenvalue weighted by molar-refractivity contribution is 0.00872. The molecule has 0 amide bonds. The first-order valence-corrected chi connectivity index (χ1v) is 7.45. The molecule has 2 unspecified atom stereocenters. The third kappa shape index (κ3) is 4.38. The summed E-state index contributed by atoms with van der Waals surface area (Å²) < 4.78 is 5.66. The minimum atomic E-state index is -0.708. The van der Waals surface area contributed by atoms with Gasteiger partial charge in [-0.3, -0.25) is 0 Å². The number of hydrogen-bond acceptors (Lipinski definition) is 2. The molecule has 1 aromatic rings. The summed E-state index contributed by atoms with van der Waals surface area (Å²) in [5.41, 5.74) is 0.289. The van der Waals surface area contributed by atoms with Crippen molar-refractivity contribution in [1.29, 1.82) is 0 Å². The first-order valence-electron chi connectivity index (χ1n) is 7.45. The van der Waals surface area contributed by atoms with Crippen molar-refractivity contribution in [2.75, 3.05) is 0 Å². The number of rotatable bonds is 1. The van der Waals surface area contributed by atoms with Crippen LogP contribution in [0.1, 0.15) is 65.0 Å². The fraction of sp³-hybridized carbons (Fsp3) is 0.765. The fourth-order valence-electron chi connectivity index (χ4n) is 2.57. The van der Waals surface area contributed by atoms with E-state index in [1.54, 1.807) is 0 Å². The summed E-state index contributed by atoms with van der Waals surface area (Å²) in [5.74, 6) is 3.85. The van der Waals surface area contributed by atoms with E-state index in [-0.39, 0.29) is 0 Å². The van der Waals surface area contributed by atoms with E-state index in [9.17, 15) is 5.11 Å².